The second-order valence-corrected chi connectivity index (χ2v) is 3.93. The number of nitrogens with two attached hydrogens (primary N) is 1. The highest BCUT2D eigenvalue weighted by molar-refractivity contribution is 5.32. The van der Waals surface area contributed by atoms with Gasteiger partial charge in [-0.25, -0.2) is 4.68 Å². The molecule has 1 aliphatic rings. The Labute approximate surface area is 90.6 Å². The molecule has 0 radical (unpaired) electrons. The third-order valence-electron chi connectivity index (χ3n) is 2.66. The van der Waals surface area contributed by atoms with E-state index in [1.54, 1.807) is 0 Å². The zero-order valence-electron chi connectivity index (χ0n) is 8.59. The molecule has 7 heteroatoms. The van der Waals surface area contributed by atoms with E-state index in [0.717, 1.165) is 25.5 Å². The summed E-state index contributed by atoms with van der Waals surface area (Å²) in [5.41, 5.74) is 4.56. The van der Waals surface area contributed by atoms with E-state index in [1.165, 1.54) is 4.68 Å². The topological polar surface area (TPSA) is 55.9 Å². The van der Waals surface area contributed by atoms with Crippen molar-refractivity contribution in [1.29, 1.82) is 0 Å². The summed E-state index contributed by atoms with van der Waals surface area (Å²) in [5.74, 6) is 0.0565. The number of hydrogen-bond donors (Lipinski definition) is 2. The highest BCUT2D eigenvalue weighted by Gasteiger charge is 2.34. The lowest BCUT2D eigenvalue weighted by atomic mass is 10.2. The number of anilines is 1. The van der Waals surface area contributed by atoms with Gasteiger partial charge in [-0.05, 0) is 19.4 Å². The van der Waals surface area contributed by atoms with Gasteiger partial charge < -0.3 is 11.1 Å². The molecule has 1 aromatic rings. The summed E-state index contributed by atoms with van der Waals surface area (Å²) in [6, 6.07) is 1.04. The van der Waals surface area contributed by atoms with Crippen LogP contribution in [-0.2, 0) is 12.7 Å². The Morgan fingerprint density at radius 3 is 2.81 bits per heavy atom. The predicted molar refractivity (Wildman–Crippen MR) is 52.7 cm³/mol. The molecule has 3 N–H and O–H groups in total. The van der Waals surface area contributed by atoms with Crippen LogP contribution < -0.4 is 11.1 Å². The molecular weight excluding hydrogens is 221 g/mol. The zero-order valence-corrected chi connectivity index (χ0v) is 8.59. The smallest absolute Gasteiger partial charge is 0.384 e. The highest BCUT2D eigenvalue weighted by Crippen LogP contribution is 2.29. The SMILES string of the molecule is Nc1cc(C(F)(F)F)nn1CC1CCCN1. The Kier molecular flexibility index (Phi) is 2.79. The third kappa shape index (κ3) is 2.29. The van der Waals surface area contributed by atoms with Gasteiger partial charge in [0, 0.05) is 12.1 Å². The normalized spacial score (nSPS) is 21.6. The zero-order chi connectivity index (χ0) is 11.8. The Bertz CT molecular complexity index is 365. The number of nitrogen functional groups attached to an aromatic ring is 1. The quantitative estimate of drug-likeness (QED) is 0.809. The van der Waals surface area contributed by atoms with Crippen LogP contribution >= 0.6 is 0 Å². The average Bonchev–Trinajstić information content (AvgIpc) is 2.76. The van der Waals surface area contributed by atoms with Crippen molar-refractivity contribution in [3.05, 3.63) is 11.8 Å². The van der Waals surface area contributed by atoms with Crippen LogP contribution in [0.25, 0.3) is 0 Å². The maximum absolute atomic E-state index is 12.3. The molecule has 1 fully saturated rings. The summed E-state index contributed by atoms with van der Waals surface area (Å²) < 4.78 is 38.3. The first-order valence-electron chi connectivity index (χ1n) is 5.11. The summed E-state index contributed by atoms with van der Waals surface area (Å²) in [6.45, 7) is 1.29. The van der Waals surface area contributed by atoms with E-state index in [4.69, 9.17) is 5.73 Å². The van der Waals surface area contributed by atoms with E-state index < -0.39 is 11.9 Å². The maximum Gasteiger partial charge on any atom is 0.435 e. The van der Waals surface area contributed by atoms with E-state index in [-0.39, 0.29) is 11.9 Å². The van der Waals surface area contributed by atoms with Gasteiger partial charge in [0.15, 0.2) is 5.69 Å². The summed E-state index contributed by atoms with van der Waals surface area (Å²) in [7, 11) is 0. The number of aromatic nitrogens is 2. The number of rotatable bonds is 2. The van der Waals surface area contributed by atoms with Gasteiger partial charge in [0.1, 0.15) is 5.82 Å². The van der Waals surface area contributed by atoms with Crippen LogP contribution in [0, 0.1) is 0 Å². The molecule has 1 atom stereocenters. The molecule has 0 aromatic carbocycles. The van der Waals surface area contributed by atoms with E-state index in [2.05, 4.69) is 10.4 Å². The van der Waals surface area contributed by atoms with Crippen molar-refractivity contribution < 1.29 is 13.2 Å². The molecule has 1 unspecified atom stereocenters. The van der Waals surface area contributed by atoms with Gasteiger partial charge in [0.05, 0.1) is 6.54 Å². The molecular formula is C9H13F3N4. The van der Waals surface area contributed by atoms with Gasteiger partial charge in [-0.15, -0.1) is 0 Å². The minimum Gasteiger partial charge on any atom is -0.384 e. The minimum atomic E-state index is -4.43. The van der Waals surface area contributed by atoms with E-state index >= 15 is 0 Å². The molecule has 1 aromatic heterocycles. The van der Waals surface area contributed by atoms with Crippen molar-refractivity contribution in [2.75, 3.05) is 12.3 Å². The molecule has 2 heterocycles. The number of nitrogens with one attached hydrogen (secondary N) is 1. The second kappa shape index (κ2) is 3.97. The monoisotopic (exact) mass is 234 g/mol. The largest absolute Gasteiger partial charge is 0.435 e. The Morgan fingerprint density at radius 2 is 2.31 bits per heavy atom. The molecule has 16 heavy (non-hydrogen) atoms. The lowest BCUT2D eigenvalue weighted by Gasteiger charge is -2.11. The van der Waals surface area contributed by atoms with E-state index in [9.17, 15) is 13.2 Å². The molecule has 0 bridgehead atoms. The van der Waals surface area contributed by atoms with Crippen LogP contribution in [0.3, 0.4) is 0 Å². The fraction of sp³-hybridized carbons (Fsp3) is 0.667. The Balaban J connectivity index is 2.12. The lowest BCUT2D eigenvalue weighted by molar-refractivity contribution is -0.141. The lowest BCUT2D eigenvalue weighted by Crippen LogP contribution is -2.28. The molecule has 90 valence electrons. The summed E-state index contributed by atoms with van der Waals surface area (Å²) in [5, 5.41) is 6.65. The van der Waals surface area contributed by atoms with Gasteiger partial charge >= 0.3 is 6.18 Å². The summed E-state index contributed by atoms with van der Waals surface area (Å²) in [6.07, 6.45) is -2.44. The molecule has 0 amide bonds. The second-order valence-electron chi connectivity index (χ2n) is 3.93. The molecule has 2 rings (SSSR count). The molecule has 4 nitrogen and oxygen atoms in total. The average molecular weight is 234 g/mol. The molecule has 1 saturated heterocycles. The highest BCUT2D eigenvalue weighted by atomic mass is 19.4. The van der Waals surface area contributed by atoms with Crippen molar-refractivity contribution in [3.63, 3.8) is 0 Å². The van der Waals surface area contributed by atoms with Crippen molar-refractivity contribution in [3.8, 4) is 0 Å². The number of halogens is 3. The molecule has 0 saturated carbocycles. The van der Waals surface area contributed by atoms with Gasteiger partial charge in [0.25, 0.3) is 0 Å². The van der Waals surface area contributed by atoms with E-state index in [0.29, 0.717) is 6.54 Å². The first-order valence-corrected chi connectivity index (χ1v) is 5.11. The molecule has 1 aliphatic heterocycles. The summed E-state index contributed by atoms with van der Waals surface area (Å²) >= 11 is 0. The van der Waals surface area contributed by atoms with Gasteiger partial charge in [-0.2, -0.15) is 18.3 Å². The minimum absolute atomic E-state index is 0.0565. The standard InChI is InChI=1S/C9H13F3N4/c10-9(11,12)7-4-8(13)16(15-7)5-6-2-1-3-14-6/h4,6,14H,1-3,5,13H2. The first kappa shape index (κ1) is 11.3. The van der Waals surface area contributed by atoms with Crippen LogP contribution in [0.2, 0.25) is 0 Å². The Morgan fingerprint density at radius 1 is 1.56 bits per heavy atom. The van der Waals surface area contributed by atoms with Crippen LogP contribution in [0.4, 0.5) is 19.0 Å². The van der Waals surface area contributed by atoms with Gasteiger partial charge in [0.2, 0.25) is 0 Å². The van der Waals surface area contributed by atoms with Gasteiger partial charge in [-0.3, -0.25) is 0 Å². The van der Waals surface area contributed by atoms with Crippen molar-refractivity contribution in [2.24, 2.45) is 0 Å². The number of alkyl halides is 3. The van der Waals surface area contributed by atoms with Crippen LogP contribution in [0.15, 0.2) is 6.07 Å². The predicted octanol–water partition coefficient (Wildman–Crippen LogP) is 1.24. The van der Waals surface area contributed by atoms with Crippen molar-refractivity contribution >= 4 is 5.82 Å². The van der Waals surface area contributed by atoms with Gasteiger partial charge in [-0.1, -0.05) is 0 Å². The van der Waals surface area contributed by atoms with Crippen molar-refractivity contribution in [2.45, 2.75) is 31.6 Å². The van der Waals surface area contributed by atoms with Crippen LogP contribution in [0.5, 0.6) is 0 Å². The first-order chi connectivity index (χ1) is 7.47. The number of hydrogen-bond acceptors (Lipinski definition) is 3. The fourth-order valence-corrected chi connectivity index (χ4v) is 1.84. The third-order valence-corrected chi connectivity index (χ3v) is 2.66. The fourth-order valence-electron chi connectivity index (χ4n) is 1.84. The molecule has 0 aliphatic carbocycles. The number of nitrogens with zero attached hydrogens (tertiary/aromatic N) is 2. The van der Waals surface area contributed by atoms with Crippen molar-refractivity contribution in [1.82, 2.24) is 15.1 Å². The maximum atomic E-state index is 12.3. The Hall–Kier alpha value is -1.24. The van der Waals surface area contributed by atoms with Crippen LogP contribution in [-0.4, -0.2) is 22.4 Å². The van der Waals surface area contributed by atoms with E-state index in [1.807, 2.05) is 0 Å². The summed E-state index contributed by atoms with van der Waals surface area (Å²) in [4.78, 5) is 0. The van der Waals surface area contributed by atoms with Crippen LogP contribution in [0.1, 0.15) is 18.5 Å². The molecule has 0 spiro atoms.